The lowest BCUT2D eigenvalue weighted by Crippen LogP contribution is -2.45. The Hall–Kier alpha value is -0.0800. The predicted molar refractivity (Wildman–Crippen MR) is 46.3 cm³/mol. The maximum absolute atomic E-state index is 3.55. The molecule has 0 saturated carbocycles. The quantitative estimate of drug-likeness (QED) is 0.604. The molecule has 10 heavy (non-hydrogen) atoms. The first-order valence-corrected chi connectivity index (χ1v) is 4.23. The molecule has 2 nitrogen and oxygen atoms in total. The van der Waals surface area contributed by atoms with Crippen LogP contribution in [-0.4, -0.2) is 25.7 Å². The average Bonchev–Trinajstić information content (AvgIpc) is 1.88. The molecule has 1 unspecified atom stereocenters. The van der Waals surface area contributed by atoms with E-state index in [1.165, 1.54) is 19.3 Å². The Labute approximate surface area is 64.9 Å². The minimum Gasteiger partial charge on any atom is -0.318 e. The van der Waals surface area contributed by atoms with Crippen molar-refractivity contribution >= 4 is 0 Å². The molecule has 1 heterocycles. The van der Waals surface area contributed by atoms with Crippen molar-refractivity contribution in [3.05, 3.63) is 0 Å². The van der Waals surface area contributed by atoms with E-state index in [0.29, 0.717) is 6.04 Å². The summed E-state index contributed by atoms with van der Waals surface area (Å²) < 4.78 is 0. The van der Waals surface area contributed by atoms with Gasteiger partial charge in [0, 0.05) is 20.1 Å². The van der Waals surface area contributed by atoms with Crippen LogP contribution < -0.4 is 10.6 Å². The van der Waals surface area contributed by atoms with Gasteiger partial charge in [-0.25, -0.2) is 0 Å². The summed E-state index contributed by atoms with van der Waals surface area (Å²) >= 11 is 0. The number of likely N-dealkylation sites (N-methyl/N-ethyl adjacent to an activating group) is 1. The molecule has 1 aliphatic rings. The van der Waals surface area contributed by atoms with E-state index in [1.54, 1.807) is 0 Å². The molecule has 0 radical (unpaired) electrons. The van der Waals surface area contributed by atoms with Crippen LogP contribution in [0, 0.1) is 0 Å². The Morgan fingerprint density at radius 2 is 2.40 bits per heavy atom. The van der Waals surface area contributed by atoms with Gasteiger partial charge < -0.3 is 10.6 Å². The summed E-state index contributed by atoms with van der Waals surface area (Å²) in [5.41, 5.74) is 0. The molecule has 0 amide bonds. The van der Waals surface area contributed by atoms with Crippen LogP contribution in [-0.2, 0) is 0 Å². The zero-order valence-corrected chi connectivity index (χ0v) is 6.98. The minimum absolute atomic E-state index is 0. The van der Waals surface area contributed by atoms with Crippen molar-refractivity contribution in [1.29, 1.82) is 0 Å². The van der Waals surface area contributed by atoms with Crippen LogP contribution in [0.1, 0.15) is 27.6 Å². The van der Waals surface area contributed by atoms with Gasteiger partial charge in [-0.1, -0.05) is 6.42 Å². The third-order valence-electron chi connectivity index (χ3n) is 2.16. The van der Waals surface area contributed by atoms with Crippen LogP contribution in [0.3, 0.4) is 0 Å². The molecule has 0 aromatic heterocycles. The van der Waals surface area contributed by atoms with Crippen molar-refractivity contribution in [1.82, 2.24) is 10.6 Å². The third kappa shape index (κ3) is 2.27. The summed E-state index contributed by atoms with van der Waals surface area (Å²) in [5.74, 6) is 0. The van der Waals surface area contributed by atoms with Crippen LogP contribution in [0.25, 0.3) is 0 Å². The number of rotatable bonds is 2. The molecule has 1 aliphatic heterocycles. The summed E-state index contributed by atoms with van der Waals surface area (Å²) in [6, 6.07) is 1.45. The van der Waals surface area contributed by atoms with Crippen molar-refractivity contribution in [2.45, 2.75) is 38.3 Å². The Kier molecular flexibility index (Phi) is 3.16. The summed E-state index contributed by atoms with van der Waals surface area (Å²) in [5, 5.41) is 6.75. The van der Waals surface area contributed by atoms with Gasteiger partial charge in [-0.15, -0.1) is 0 Å². The van der Waals surface area contributed by atoms with Crippen LogP contribution in [0.15, 0.2) is 0 Å². The highest BCUT2D eigenvalue weighted by Gasteiger charge is 2.15. The molecule has 2 heteroatoms. The highest BCUT2D eigenvalue weighted by molar-refractivity contribution is 4.78. The molecule has 0 aromatic carbocycles. The third-order valence-corrected chi connectivity index (χ3v) is 2.16. The maximum Gasteiger partial charge on any atom is 0.0194 e. The first kappa shape index (κ1) is 8.02. The second kappa shape index (κ2) is 3.94. The van der Waals surface area contributed by atoms with Crippen molar-refractivity contribution in [2.24, 2.45) is 0 Å². The van der Waals surface area contributed by atoms with E-state index in [9.17, 15) is 0 Å². The van der Waals surface area contributed by atoms with E-state index in [4.69, 9.17) is 0 Å². The SMILES string of the molecule is CNC[C@H]1CCCC(C)N1.[HH]. The summed E-state index contributed by atoms with van der Waals surface area (Å²) in [6.07, 6.45) is 4.08. The standard InChI is InChI=1S/C8H18N2.H2/c1-7-4-3-5-8(10-7)6-9-2;/h7-10H,3-6H2,1-2H3;1H/t7?,8-;/m1./s1. The zero-order chi connectivity index (χ0) is 7.40. The van der Waals surface area contributed by atoms with Crippen LogP contribution in [0.5, 0.6) is 0 Å². The Morgan fingerprint density at radius 1 is 1.60 bits per heavy atom. The molecule has 1 rings (SSSR count). The first-order valence-electron chi connectivity index (χ1n) is 4.23. The van der Waals surface area contributed by atoms with Gasteiger partial charge in [-0.05, 0) is 26.8 Å². The molecule has 0 aromatic rings. The van der Waals surface area contributed by atoms with Gasteiger partial charge in [0.2, 0.25) is 0 Å². The summed E-state index contributed by atoms with van der Waals surface area (Å²) in [7, 11) is 2.01. The molecule has 0 spiro atoms. The van der Waals surface area contributed by atoms with Gasteiger partial charge in [0.15, 0.2) is 0 Å². The highest BCUT2D eigenvalue weighted by atomic mass is 15.0. The Morgan fingerprint density at radius 3 is 3.00 bits per heavy atom. The lowest BCUT2D eigenvalue weighted by atomic mass is 10.00. The number of nitrogens with one attached hydrogen (secondary N) is 2. The van der Waals surface area contributed by atoms with Gasteiger partial charge >= 0.3 is 0 Å². The second-order valence-corrected chi connectivity index (χ2v) is 3.25. The fourth-order valence-electron chi connectivity index (χ4n) is 1.65. The summed E-state index contributed by atoms with van der Waals surface area (Å²) in [6.45, 7) is 3.38. The number of hydrogen-bond donors (Lipinski definition) is 2. The molecule has 2 N–H and O–H groups in total. The van der Waals surface area contributed by atoms with Gasteiger partial charge in [0.05, 0.1) is 0 Å². The molecular formula is C8H20N2. The van der Waals surface area contributed by atoms with Crippen molar-refractivity contribution in [3.63, 3.8) is 0 Å². The predicted octanol–water partition coefficient (Wildman–Crippen LogP) is 0.982. The van der Waals surface area contributed by atoms with Crippen LogP contribution in [0.4, 0.5) is 0 Å². The monoisotopic (exact) mass is 144 g/mol. The fraction of sp³-hybridized carbons (Fsp3) is 1.00. The molecular weight excluding hydrogens is 124 g/mol. The highest BCUT2D eigenvalue weighted by Crippen LogP contribution is 2.10. The molecule has 1 saturated heterocycles. The fourth-order valence-corrected chi connectivity index (χ4v) is 1.65. The topological polar surface area (TPSA) is 24.1 Å². The van der Waals surface area contributed by atoms with Gasteiger partial charge in [-0.2, -0.15) is 0 Å². The normalized spacial score (nSPS) is 34.2. The van der Waals surface area contributed by atoms with E-state index in [2.05, 4.69) is 17.6 Å². The molecule has 0 bridgehead atoms. The van der Waals surface area contributed by atoms with Crippen LogP contribution in [0.2, 0.25) is 0 Å². The average molecular weight is 144 g/mol. The zero-order valence-electron chi connectivity index (χ0n) is 6.98. The van der Waals surface area contributed by atoms with Gasteiger partial charge in [0.25, 0.3) is 0 Å². The first-order chi connectivity index (χ1) is 4.83. The van der Waals surface area contributed by atoms with E-state index < -0.39 is 0 Å². The minimum atomic E-state index is 0. The number of hydrogen-bond acceptors (Lipinski definition) is 2. The smallest absolute Gasteiger partial charge is 0.0194 e. The van der Waals surface area contributed by atoms with Crippen molar-refractivity contribution in [3.8, 4) is 0 Å². The van der Waals surface area contributed by atoms with Gasteiger partial charge in [0.1, 0.15) is 0 Å². The van der Waals surface area contributed by atoms with Crippen LogP contribution >= 0.6 is 0 Å². The second-order valence-electron chi connectivity index (χ2n) is 3.25. The largest absolute Gasteiger partial charge is 0.318 e. The van der Waals surface area contributed by atoms with E-state index in [0.717, 1.165) is 12.6 Å². The van der Waals surface area contributed by atoms with E-state index in [-0.39, 0.29) is 1.43 Å². The summed E-state index contributed by atoms with van der Waals surface area (Å²) in [4.78, 5) is 0. The molecule has 2 atom stereocenters. The lowest BCUT2D eigenvalue weighted by Gasteiger charge is -2.28. The Bertz CT molecular complexity index is 96.1. The lowest BCUT2D eigenvalue weighted by molar-refractivity contribution is 0.329. The maximum atomic E-state index is 3.55. The molecule has 0 aliphatic carbocycles. The van der Waals surface area contributed by atoms with Crippen molar-refractivity contribution in [2.75, 3.05) is 13.6 Å². The number of piperidine rings is 1. The molecule has 62 valence electrons. The molecule has 1 fully saturated rings. The van der Waals surface area contributed by atoms with Crippen molar-refractivity contribution < 1.29 is 1.43 Å². The van der Waals surface area contributed by atoms with E-state index >= 15 is 0 Å². The van der Waals surface area contributed by atoms with Gasteiger partial charge in [-0.3, -0.25) is 0 Å². The Balaban J connectivity index is 0.000001000. The van der Waals surface area contributed by atoms with E-state index in [1.807, 2.05) is 7.05 Å².